The maximum atomic E-state index is 13.2. The Bertz CT molecular complexity index is 952. The van der Waals surface area contributed by atoms with Crippen molar-refractivity contribution in [2.45, 2.75) is 19.6 Å². The summed E-state index contributed by atoms with van der Waals surface area (Å²) in [5.74, 6) is -1.01. The second-order valence-corrected chi connectivity index (χ2v) is 5.38. The zero-order valence-electron chi connectivity index (χ0n) is 13.0. The first-order valence-corrected chi connectivity index (χ1v) is 7.44. The monoisotopic (exact) mass is 326 g/mol. The molecule has 0 aliphatic carbocycles. The Balaban J connectivity index is 1.75. The Morgan fingerprint density at radius 2 is 2.04 bits per heavy atom. The van der Waals surface area contributed by atoms with Crippen LogP contribution in [0.2, 0.25) is 0 Å². The van der Waals surface area contributed by atoms with Gasteiger partial charge < -0.3 is 4.74 Å². The number of hydrogen-bond acceptors (Lipinski definition) is 4. The van der Waals surface area contributed by atoms with Crippen molar-refractivity contribution in [3.8, 4) is 0 Å². The third-order valence-corrected chi connectivity index (χ3v) is 3.67. The average molecular weight is 326 g/mol. The van der Waals surface area contributed by atoms with Crippen LogP contribution in [0.4, 0.5) is 4.39 Å². The quantitative estimate of drug-likeness (QED) is 0.692. The lowest BCUT2D eigenvalue weighted by Gasteiger charge is -2.14. The molecule has 0 fully saturated rings. The summed E-state index contributed by atoms with van der Waals surface area (Å²) in [6.45, 7) is 1.34. The number of carbonyl (C=O) groups excluding carboxylic acids is 1. The van der Waals surface area contributed by atoms with Crippen molar-refractivity contribution < 1.29 is 13.9 Å². The van der Waals surface area contributed by atoms with E-state index in [-0.39, 0.29) is 12.1 Å². The molecule has 1 aromatic heterocycles. The third kappa shape index (κ3) is 3.32. The van der Waals surface area contributed by atoms with Crippen molar-refractivity contribution in [2.75, 3.05) is 0 Å². The molecule has 24 heavy (non-hydrogen) atoms. The highest BCUT2D eigenvalue weighted by atomic mass is 19.1. The van der Waals surface area contributed by atoms with E-state index in [0.717, 1.165) is 4.68 Å². The Morgan fingerprint density at radius 1 is 1.25 bits per heavy atom. The van der Waals surface area contributed by atoms with Crippen molar-refractivity contribution in [1.82, 2.24) is 9.78 Å². The molecule has 0 saturated heterocycles. The SMILES string of the molecule is CC(OC(=O)Cn1ncc2ccccc2c1=O)c1cccc(F)c1. The summed E-state index contributed by atoms with van der Waals surface area (Å²) in [5, 5.41) is 5.18. The standard InChI is InChI=1S/C18H15FN2O3/c1-12(13-6-4-7-15(19)9-13)24-17(22)11-21-18(23)16-8-3-2-5-14(16)10-20-21/h2-10,12H,11H2,1H3. The van der Waals surface area contributed by atoms with Crippen LogP contribution in [0.3, 0.4) is 0 Å². The fourth-order valence-electron chi connectivity index (χ4n) is 2.42. The molecule has 1 unspecified atom stereocenters. The summed E-state index contributed by atoms with van der Waals surface area (Å²) < 4.78 is 19.5. The van der Waals surface area contributed by atoms with E-state index in [1.54, 1.807) is 37.3 Å². The first-order chi connectivity index (χ1) is 11.5. The van der Waals surface area contributed by atoms with Gasteiger partial charge in [0.1, 0.15) is 18.5 Å². The van der Waals surface area contributed by atoms with E-state index in [9.17, 15) is 14.0 Å². The van der Waals surface area contributed by atoms with Gasteiger partial charge in [-0.05, 0) is 30.7 Å². The molecule has 122 valence electrons. The lowest BCUT2D eigenvalue weighted by atomic mass is 10.1. The third-order valence-electron chi connectivity index (χ3n) is 3.67. The highest BCUT2D eigenvalue weighted by molar-refractivity contribution is 5.80. The van der Waals surface area contributed by atoms with Crippen LogP contribution in [-0.4, -0.2) is 15.7 Å². The van der Waals surface area contributed by atoms with E-state index in [4.69, 9.17) is 4.74 Å². The molecular formula is C18H15FN2O3. The van der Waals surface area contributed by atoms with Gasteiger partial charge in [0.2, 0.25) is 0 Å². The Kier molecular flexibility index (Phi) is 4.37. The van der Waals surface area contributed by atoms with Crippen molar-refractivity contribution in [1.29, 1.82) is 0 Å². The number of halogens is 1. The molecular weight excluding hydrogens is 311 g/mol. The molecule has 0 aliphatic heterocycles. The Morgan fingerprint density at radius 3 is 2.83 bits per heavy atom. The highest BCUT2D eigenvalue weighted by Gasteiger charge is 2.14. The van der Waals surface area contributed by atoms with Gasteiger partial charge in [0, 0.05) is 5.39 Å². The van der Waals surface area contributed by atoms with Gasteiger partial charge in [-0.25, -0.2) is 9.07 Å². The van der Waals surface area contributed by atoms with Crippen LogP contribution in [0.15, 0.2) is 59.5 Å². The molecule has 0 amide bonds. The minimum absolute atomic E-state index is 0.302. The van der Waals surface area contributed by atoms with Crippen molar-refractivity contribution in [3.63, 3.8) is 0 Å². The van der Waals surface area contributed by atoms with Gasteiger partial charge in [-0.1, -0.05) is 30.3 Å². The topological polar surface area (TPSA) is 61.2 Å². The maximum absolute atomic E-state index is 13.2. The van der Waals surface area contributed by atoms with E-state index in [0.29, 0.717) is 16.3 Å². The number of aromatic nitrogens is 2. The molecule has 5 nitrogen and oxygen atoms in total. The van der Waals surface area contributed by atoms with Gasteiger partial charge >= 0.3 is 5.97 Å². The molecule has 0 spiro atoms. The number of ether oxygens (including phenoxy) is 1. The summed E-state index contributed by atoms with van der Waals surface area (Å²) in [5.41, 5.74) is 0.186. The largest absolute Gasteiger partial charge is 0.456 e. The van der Waals surface area contributed by atoms with E-state index in [1.807, 2.05) is 6.07 Å². The summed E-state index contributed by atoms with van der Waals surface area (Å²) in [4.78, 5) is 24.4. The smallest absolute Gasteiger partial charge is 0.328 e. The predicted molar refractivity (Wildman–Crippen MR) is 86.9 cm³/mol. The van der Waals surface area contributed by atoms with Gasteiger partial charge in [0.05, 0.1) is 11.6 Å². The predicted octanol–water partition coefficient (Wildman–Crippen LogP) is 2.84. The average Bonchev–Trinajstić information content (AvgIpc) is 2.57. The molecule has 3 rings (SSSR count). The van der Waals surface area contributed by atoms with Crippen LogP contribution in [0.1, 0.15) is 18.6 Å². The molecule has 0 radical (unpaired) electrons. The van der Waals surface area contributed by atoms with Gasteiger partial charge in [-0.2, -0.15) is 5.10 Å². The first kappa shape index (κ1) is 15.9. The van der Waals surface area contributed by atoms with E-state index in [1.165, 1.54) is 18.3 Å². The molecule has 0 saturated carbocycles. The summed E-state index contributed by atoms with van der Waals surface area (Å²) in [6.07, 6.45) is 0.907. The first-order valence-electron chi connectivity index (χ1n) is 7.44. The number of nitrogens with zero attached hydrogens (tertiary/aromatic N) is 2. The van der Waals surface area contributed by atoms with Gasteiger partial charge in [-0.15, -0.1) is 0 Å². The minimum Gasteiger partial charge on any atom is -0.456 e. The van der Waals surface area contributed by atoms with Crippen molar-refractivity contribution >= 4 is 16.7 Å². The zero-order chi connectivity index (χ0) is 17.1. The normalized spacial score (nSPS) is 12.1. The van der Waals surface area contributed by atoms with Gasteiger partial charge in [-0.3, -0.25) is 9.59 Å². The van der Waals surface area contributed by atoms with E-state index < -0.39 is 17.9 Å². The minimum atomic E-state index is -0.621. The number of hydrogen-bond donors (Lipinski definition) is 0. The second-order valence-electron chi connectivity index (χ2n) is 5.38. The molecule has 1 atom stereocenters. The second kappa shape index (κ2) is 6.62. The Hall–Kier alpha value is -3.02. The fraction of sp³-hybridized carbons (Fsp3) is 0.167. The van der Waals surface area contributed by atoms with Gasteiger partial charge in [0.25, 0.3) is 5.56 Å². The van der Waals surface area contributed by atoms with Crippen LogP contribution in [0, 0.1) is 5.82 Å². The van der Waals surface area contributed by atoms with Crippen LogP contribution in [0.5, 0.6) is 0 Å². The molecule has 2 aromatic carbocycles. The van der Waals surface area contributed by atoms with Crippen molar-refractivity contribution in [3.05, 3.63) is 76.5 Å². The van der Waals surface area contributed by atoms with Crippen molar-refractivity contribution in [2.24, 2.45) is 0 Å². The number of carbonyl (C=O) groups is 1. The lowest BCUT2D eigenvalue weighted by molar-refractivity contribution is -0.149. The summed E-state index contributed by atoms with van der Waals surface area (Å²) >= 11 is 0. The number of rotatable bonds is 4. The maximum Gasteiger partial charge on any atom is 0.328 e. The molecule has 0 aliphatic rings. The molecule has 0 bridgehead atoms. The summed E-state index contributed by atoms with van der Waals surface area (Å²) in [6, 6.07) is 12.8. The van der Waals surface area contributed by atoms with Crippen LogP contribution < -0.4 is 5.56 Å². The van der Waals surface area contributed by atoms with Crippen LogP contribution >= 0.6 is 0 Å². The Labute approximate surface area is 137 Å². The van der Waals surface area contributed by atoms with Crippen LogP contribution in [0.25, 0.3) is 10.8 Å². The molecule has 3 aromatic rings. The lowest BCUT2D eigenvalue weighted by Crippen LogP contribution is -2.28. The number of fused-ring (bicyclic) bond motifs is 1. The molecule has 1 heterocycles. The number of esters is 1. The highest BCUT2D eigenvalue weighted by Crippen LogP contribution is 2.17. The van der Waals surface area contributed by atoms with E-state index >= 15 is 0 Å². The molecule has 0 N–H and O–H groups in total. The van der Waals surface area contributed by atoms with E-state index in [2.05, 4.69) is 5.10 Å². The number of benzene rings is 2. The molecule has 6 heteroatoms. The fourth-order valence-corrected chi connectivity index (χ4v) is 2.42. The van der Waals surface area contributed by atoms with Crippen LogP contribution in [-0.2, 0) is 16.1 Å². The zero-order valence-corrected chi connectivity index (χ0v) is 13.0. The summed E-state index contributed by atoms with van der Waals surface area (Å²) in [7, 11) is 0. The van der Waals surface area contributed by atoms with Gasteiger partial charge in [0.15, 0.2) is 0 Å².